The Labute approximate surface area is 277 Å². The molecule has 0 spiro atoms. The molecular weight excluding hydrogens is 604 g/mol. The van der Waals surface area contributed by atoms with Gasteiger partial charge in [-0.3, -0.25) is 0 Å². The Morgan fingerprint density at radius 1 is 0.596 bits per heavy atom. The van der Waals surface area contributed by atoms with E-state index in [9.17, 15) is 4.79 Å². The molecule has 1 amide bonds. The number of likely N-dealkylation sites (N-methyl/N-ethyl adjacent to an activating group) is 1. The van der Waals surface area contributed by atoms with E-state index in [0.717, 1.165) is 5.75 Å². The van der Waals surface area contributed by atoms with Gasteiger partial charge in [0.2, 0.25) is 0 Å². The highest BCUT2D eigenvalue weighted by Crippen LogP contribution is 2.44. The second-order valence-electron chi connectivity index (χ2n) is 10.8. The van der Waals surface area contributed by atoms with Gasteiger partial charge in [0.05, 0.1) is 79.3 Å². The van der Waals surface area contributed by atoms with E-state index in [1.54, 1.807) is 19.2 Å². The topological polar surface area (TPSA) is 120 Å². The molecule has 1 aliphatic carbocycles. The molecule has 4 rings (SSSR count). The van der Waals surface area contributed by atoms with Crippen molar-refractivity contribution in [2.45, 2.75) is 5.92 Å². The Bertz CT molecular complexity index is 1260. The summed E-state index contributed by atoms with van der Waals surface area (Å²) in [4.78, 5) is 14.1. The van der Waals surface area contributed by atoms with Crippen molar-refractivity contribution in [3.8, 4) is 16.9 Å². The SMILES string of the molecule is CN(CCOCCOCCOCCOCCOCCOCCOc1ccc(N)cc1)C(=O)OCC1c2ccccc2-c2ccccc21. The van der Waals surface area contributed by atoms with Crippen molar-refractivity contribution < 1.29 is 42.7 Å². The monoisotopic (exact) mass is 652 g/mol. The molecule has 47 heavy (non-hydrogen) atoms. The molecule has 0 unspecified atom stereocenters. The quantitative estimate of drug-likeness (QED) is 0.108. The van der Waals surface area contributed by atoms with Crippen molar-refractivity contribution in [3.63, 3.8) is 0 Å². The summed E-state index contributed by atoms with van der Waals surface area (Å²) in [6, 6.07) is 23.8. The maximum Gasteiger partial charge on any atom is 0.409 e. The highest BCUT2D eigenvalue weighted by molar-refractivity contribution is 5.79. The number of nitrogens with zero attached hydrogens (tertiary/aromatic N) is 1. The van der Waals surface area contributed by atoms with Gasteiger partial charge in [-0.25, -0.2) is 4.79 Å². The van der Waals surface area contributed by atoms with Crippen LogP contribution < -0.4 is 10.5 Å². The van der Waals surface area contributed by atoms with Gasteiger partial charge in [-0.15, -0.1) is 0 Å². The number of carbonyl (C=O) groups is 1. The first-order chi connectivity index (χ1) is 23.1. The van der Waals surface area contributed by atoms with Crippen LogP contribution in [0.5, 0.6) is 5.75 Å². The third kappa shape index (κ3) is 12.8. The molecule has 11 nitrogen and oxygen atoms in total. The maximum absolute atomic E-state index is 12.6. The normalized spacial score (nSPS) is 12.1. The lowest BCUT2D eigenvalue weighted by Gasteiger charge is -2.19. The summed E-state index contributed by atoms with van der Waals surface area (Å²) in [5, 5.41) is 0. The summed E-state index contributed by atoms with van der Waals surface area (Å²) >= 11 is 0. The lowest BCUT2D eigenvalue weighted by atomic mass is 9.98. The summed E-state index contributed by atoms with van der Waals surface area (Å²) in [6.07, 6.45) is -0.362. The van der Waals surface area contributed by atoms with Crippen LogP contribution in [0, 0.1) is 0 Å². The number of hydrogen-bond donors (Lipinski definition) is 1. The largest absolute Gasteiger partial charge is 0.491 e. The second-order valence-corrected chi connectivity index (χ2v) is 10.8. The van der Waals surface area contributed by atoms with Crippen molar-refractivity contribution in [1.29, 1.82) is 0 Å². The van der Waals surface area contributed by atoms with Gasteiger partial charge in [0.15, 0.2) is 0 Å². The highest BCUT2D eigenvalue weighted by Gasteiger charge is 2.29. The Morgan fingerprint density at radius 3 is 1.51 bits per heavy atom. The number of anilines is 1. The number of hydrogen-bond acceptors (Lipinski definition) is 10. The first kappa shape index (κ1) is 36.1. The maximum atomic E-state index is 12.6. The zero-order valence-corrected chi connectivity index (χ0v) is 27.3. The lowest BCUT2D eigenvalue weighted by Crippen LogP contribution is -2.32. The molecule has 256 valence electrons. The Hall–Kier alpha value is -3.71. The van der Waals surface area contributed by atoms with Crippen molar-refractivity contribution in [3.05, 3.63) is 83.9 Å². The molecule has 0 aromatic heterocycles. The second kappa shape index (κ2) is 21.2. The van der Waals surface area contributed by atoms with E-state index in [0.29, 0.717) is 105 Å². The van der Waals surface area contributed by atoms with Gasteiger partial charge in [-0.1, -0.05) is 48.5 Å². The van der Waals surface area contributed by atoms with E-state index >= 15 is 0 Å². The van der Waals surface area contributed by atoms with Gasteiger partial charge in [-0.2, -0.15) is 0 Å². The van der Waals surface area contributed by atoms with Crippen LogP contribution in [0.1, 0.15) is 17.0 Å². The van der Waals surface area contributed by atoms with Crippen molar-refractivity contribution in [2.24, 2.45) is 0 Å². The van der Waals surface area contributed by atoms with Crippen molar-refractivity contribution in [2.75, 3.05) is 112 Å². The number of ether oxygens (including phenoxy) is 8. The third-order valence-electron chi connectivity index (χ3n) is 7.46. The van der Waals surface area contributed by atoms with Crippen molar-refractivity contribution >= 4 is 11.8 Å². The molecule has 0 saturated heterocycles. The number of nitrogen functional groups attached to an aromatic ring is 1. The van der Waals surface area contributed by atoms with Crippen molar-refractivity contribution in [1.82, 2.24) is 4.90 Å². The summed E-state index contributed by atoms with van der Waals surface area (Å²) in [6.45, 7) is 6.88. The minimum absolute atomic E-state index is 0.0419. The number of amides is 1. The fourth-order valence-corrected chi connectivity index (χ4v) is 4.98. The fraction of sp³-hybridized carbons (Fsp3) is 0.472. The van der Waals surface area contributed by atoms with E-state index in [4.69, 9.17) is 43.6 Å². The van der Waals surface area contributed by atoms with E-state index in [-0.39, 0.29) is 12.0 Å². The van der Waals surface area contributed by atoms with Crippen LogP contribution in [0.4, 0.5) is 10.5 Å². The van der Waals surface area contributed by atoms with Crippen LogP contribution in [0.2, 0.25) is 0 Å². The minimum Gasteiger partial charge on any atom is -0.491 e. The highest BCUT2D eigenvalue weighted by atomic mass is 16.6. The van der Waals surface area contributed by atoms with Crippen LogP contribution >= 0.6 is 0 Å². The molecule has 3 aromatic rings. The first-order valence-electron chi connectivity index (χ1n) is 16.1. The number of nitrogens with two attached hydrogens (primary N) is 1. The van der Waals surface area contributed by atoms with Crippen LogP contribution in [0.15, 0.2) is 72.8 Å². The van der Waals surface area contributed by atoms with Gasteiger partial charge in [0.25, 0.3) is 0 Å². The Kier molecular flexibility index (Phi) is 16.3. The zero-order chi connectivity index (χ0) is 32.9. The summed E-state index contributed by atoms with van der Waals surface area (Å²) in [5.74, 6) is 0.810. The standard InChI is InChI=1S/C36H48N2O9/c1-38(36(39)47-28-35-33-8-4-2-6-31(33)32-7-3-5-9-34(32)35)14-15-40-16-17-41-18-19-42-20-21-43-22-23-44-24-25-45-26-27-46-30-12-10-29(37)11-13-30/h2-13,35H,14-28,37H2,1H3. The van der Waals surface area contributed by atoms with Gasteiger partial charge in [0, 0.05) is 25.2 Å². The Balaban J connectivity index is 0.878. The molecule has 0 atom stereocenters. The molecule has 2 N–H and O–H groups in total. The van der Waals surface area contributed by atoms with Gasteiger partial charge in [0.1, 0.15) is 19.0 Å². The average Bonchev–Trinajstić information content (AvgIpc) is 3.42. The smallest absolute Gasteiger partial charge is 0.409 e. The fourth-order valence-electron chi connectivity index (χ4n) is 4.98. The molecule has 0 fully saturated rings. The zero-order valence-electron chi connectivity index (χ0n) is 27.3. The molecule has 3 aromatic carbocycles. The number of fused-ring (bicyclic) bond motifs is 3. The summed E-state index contributed by atoms with van der Waals surface area (Å²) in [5.41, 5.74) is 11.2. The molecular formula is C36H48N2O9. The molecule has 0 bridgehead atoms. The molecule has 0 aliphatic heterocycles. The van der Waals surface area contributed by atoms with Gasteiger partial charge in [-0.05, 0) is 46.5 Å². The number of rotatable bonds is 24. The van der Waals surface area contributed by atoms with E-state index in [2.05, 4.69) is 24.3 Å². The van der Waals surface area contributed by atoms with E-state index in [1.165, 1.54) is 27.2 Å². The van der Waals surface area contributed by atoms with E-state index in [1.807, 2.05) is 36.4 Å². The molecule has 0 heterocycles. The number of benzene rings is 3. The molecule has 0 saturated carbocycles. The summed E-state index contributed by atoms with van der Waals surface area (Å²) in [7, 11) is 1.71. The van der Waals surface area contributed by atoms with Crippen LogP contribution in [0.25, 0.3) is 11.1 Å². The molecule has 1 aliphatic rings. The predicted octanol–water partition coefficient (Wildman–Crippen LogP) is 4.63. The number of carbonyl (C=O) groups excluding carboxylic acids is 1. The average molecular weight is 653 g/mol. The molecule has 11 heteroatoms. The predicted molar refractivity (Wildman–Crippen MR) is 179 cm³/mol. The van der Waals surface area contributed by atoms with E-state index < -0.39 is 0 Å². The van der Waals surface area contributed by atoms with Gasteiger partial charge >= 0.3 is 6.09 Å². The van der Waals surface area contributed by atoms with Crippen LogP contribution in [-0.2, 0) is 33.2 Å². The molecule has 0 radical (unpaired) electrons. The first-order valence-corrected chi connectivity index (χ1v) is 16.1. The van der Waals surface area contributed by atoms with Crippen LogP contribution in [0.3, 0.4) is 0 Å². The van der Waals surface area contributed by atoms with Gasteiger partial charge < -0.3 is 48.5 Å². The Morgan fingerprint density at radius 2 is 1.02 bits per heavy atom. The minimum atomic E-state index is -0.362. The lowest BCUT2D eigenvalue weighted by molar-refractivity contribution is -0.0183. The summed E-state index contributed by atoms with van der Waals surface area (Å²) < 4.78 is 44.3. The van der Waals surface area contributed by atoms with Crippen LogP contribution in [-0.4, -0.2) is 117 Å². The third-order valence-corrected chi connectivity index (χ3v) is 7.46.